The smallest absolute Gasteiger partial charge is 0.239 e. The van der Waals surface area contributed by atoms with Gasteiger partial charge < -0.3 is 15.0 Å². The molecule has 7 nitrogen and oxygen atoms in total. The van der Waals surface area contributed by atoms with Gasteiger partial charge in [-0.1, -0.05) is 23.2 Å². The zero-order chi connectivity index (χ0) is 21.1. The first-order chi connectivity index (χ1) is 14.5. The van der Waals surface area contributed by atoms with Crippen molar-refractivity contribution in [1.29, 1.82) is 0 Å². The molecule has 1 fully saturated rings. The highest BCUT2D eigenvalue weighted by molar-refractivity contribution is 6.42. The van der Waals surface area contributed by atoms with E-state index >= 15 is 0 Å². The maximum absolute atomic E-state index is 12.7. The first-order valence-electron chi connectivity index (χ1n) is 9.12. The van der Waals surface area contributed by atoms with Gasteiger partial charge in [-0.15, -0.1) is 0 Å². The van der Waals surface area contributed by atoms with Gasteiger partial charge in [0.1, 0.15) is 11.7 Å². The molecule has 0 spiro atoms. The van der Waals surface area contributed by atoms with Crippen LogP contribution in [0.3, 0.4) is 0 Å². The molecule has 1 saturated heterocycles. The summed E-state index contributed by atoms with van der Waals surface area (Å²) >= 11 is 12.0. The topological polar surface area (TPSA) is 84.4 Å². The number of rotatable bonds is 5. The third-order valence-corrected chi connectivity index (χ3v) is 5.34. The minimum Gasteiger partial charge on any atom is -0.437 e. The summed E-state index contributed by atoms with van der Waals surface area (Å²) in [6.45, 7) is 0.422. The molecule has 2 amide bonds. The summed E-state index contributed by atoms with van der Waals surface area (Å²) in [6.07, 6.45) is 5.09. The number of nitrogens with one attached hydrogen (secondary N) is 1. The van der Waals surface area contributed by atoms with Gasteiger partial charge in [-0.05, 0) is 42.8 Å². The maximum atomic E-state index is 12.7. The van der Waals surface area contributed by atoms with E-state index in [-0.39, 0.29) is 11.8 Å². The summed E-state index contributed by atoms with van der Waals surface area (Å²) in [7, 11) is 0. The Kier molecular flexibility index (Phi) is 5.83. The number of hydrogen-bond acceptors (Lipinski definition) is 5. The minimum atomic E-state index is -0.786. The first kappa shape index (κ1) is 20.1. The lowest BCUT2D eigenvalue weighted by molar-refractivity contribution is -0.129. The molecule has 9 heteroatoms. The van der Waals surface area contributed by atoms with Crippen LogP contribution in [0.5, 0.6) is 11.6 Å². The lowest BCUT2D eigenvalue weighted by Crippen LogP contribution is -2.33. The number of carbonyl (C=O) groups excluding carboxylic acids is 2. The number of nitrogens with zero attached hydrogens (tertiary/aromatic N) is 3. The van der Waals surface area contributed by atoms with Gasteiger partial charge in [-0.25, -0.2) is 4.98 Å². The number of carbonyl (C=O) groups is 2. The number of pyridine rings is 2. The Morgan fingerprint density at radius 1 is 1.13 bits per heavy atom. The fourth-order valence-electron chi connectivity index (χ4n) is 3.10. The van der Waals surface area contributed by atoms with E-state index < -0.39 is 5.92 Å². The number of amides is 2. The van der Waals surface area contributed by atoms with E-state index in [1.54, 1.807) is 54.9 Å². The maximum Gasteiger partial charge on any atom is 0.239 e. The summed E-state index contributed by atoms with van der Waals surface area (Å²) in [6, 6.07) is 11.7. The van der Waals surface area contributed by atoms with Crippen molar-refractivity contribution in [3.05, 3.63) is 71.1 Å². The fraction of sp³-hybridized carbons (Fsp3) is 0.143. The zero-order valence-corrected chi connectivity index (χ0v) is 17.1. The van der Waals surface area contributed by atoms with E-state index in [2.05, 4.69) is 15.3 Å². The van der Waals surface area contributed by atoms with Crippen molar-refractivity contribution in [2.45, 2.75) is 6.42 Å². The Morgan fingerprint density at radius 3 is 2.70 bits per heavy atom. The number of hydrogen-bond donors (Lipinski definition) is 1. The van der Waals surface area contributed by atoms with Crippen LogP contribution >= 0.6 is 23.2 Å². The second-order valence-electron chi connectivity index (χ2n) is 6.59. The largest absolute Gasteiger partial charge is 0.437 e. The molecule has 0 radical (unpaired) electrons. The summed E-state index contributed by atoms with van der Waals surface area (Å²) in [5, 5.41) is 3.50. The molecule has 0 aliphatic carbocycles. The number of ether oxygens (including phenoxy) is 1. The number of aromatic nitrogens is 2. The predicted octanol–water partition coefficient (Wildman–Crippen LogP) is 4.57. The Bertz CT molecular complexity index is 1080. The van der Waals surface area contributed by atoms with Crippen LogP contribution in [0.15, 0.2) is 61.1 Å². The Balaban J connectivity index is 1.39. The number of halogens is 2. The van der Waals surface area contributed by atoms with Gasteiger partial charge in [0.2, 0.25) is 17.7 Å². The van der Waals surface area contributed by atoms with E-state index in [4.69, 9.17) is 27.9 Å². The summed E-state index contributed by atoms with van der Waals surface area (Å²) in [5.41, 5.74) is 1.09. The molecule has 3 aromatic rings. The van der Waals surface area contributed by atoms with Crippen LogP contribution in [-0.4, -0.2) is 28.3 Å². The van der Waals surface area contributed by atoms with Crippen LogP contribution in [0.2, 0.25) is 10.0 Å². The normalized spacial score (nSPS) is 15.9. The van der Waals surface area contributed by atoms with E-state index in [1.807, 2.05) is 0 Å². The summed E-state index contributed by atoms with van der Waals surface area (Å²) in [5.74, 6) is -0.532. The van der Waals surface area contributed by atoms with E-state index in [0.717, 1.165) is 0 Å². The van der Waals surface area contributed by atoms with Crippen molar-refractivity contribution in [1.82, 2.24) is 9.97 Å². The second kappa shape index (κ2) is 8.69. The average Bonchev–Trinajstić information content (AvgIpc) is 3.14. The third kappa shape index (κ3) is 4.37. The Morgan fingerprint density at radius 2 is 2.00 bits per heavy atom. The second-order valence-corrected chi connectivity index (χ2v) is 7.41. The van der Waals surface area contributed by atoms with Gasteiger partial charge in [0, 0.05) is 24.5 Å². The van der Waals surface area contributed by atoms with Crippen LogP contribution < -0.4 is 15.0 Å². The van der Waals surface area contributed by atoms with Gasteiger partial charge in [-0.2, -0.15) is 0 Å². The van der Waals surface area contributed by atoms with Crippen molar-refractivity contribution in [3.63, 3.8) is 0 Å². The Labute approximate surface area is 182 Å². The average molecular weight is 443 g/mol. The molecule has 1 N–H and O–H groups in total. The van der Waals surface area contributed by atoms with Crippen molar-refractivity contribution in [2.75, 3.05) is 16.8 Å². The standard InChI is InChI=1S/C21H16Cl2N4O3/c22-17-5-4-14(10-18(17)23)27-9-7-16(21(27)29)20(28)26-13-3-6-19(25-11-13)30-15-2-1-8-24-12-15/h1-6,8,10-12,16H,7,9H2,(H,26,28). The summed E-state index contributed by atoms with van der Waals surface area (Å²) in [4.78, 5) is 35.0. The molecule has 1 atom stereocenters. The highest BCUT2D eigenvalue weighted by Crippen LogP contribution is 2.31. The first-order valence-corrected chi connectivity index (χ1v) is 9.88. The molecule has 30 heavy (non-hydrogen) atoms. The van der Waals surface area contributed by atoms with Crippen LogP contribution in [0, 0.1) is 5.92 Å². The summed E-state index contributed by atoms with van der Waals surface area (Å²) < 4.78 is 5.57. The van der Waals surface area contributed by atoms with Crippen LogP contribution in [-0.2, 0) is 9.59 Å². The van der Waals surface area contributed by atoms with Gasteiger partial charge in [0.25, 0.3) is 0 Å². The van der Waals surface area contributed by atoms with Crippen LogP contribution in [0.4, 0.5) is 11.4 Å². The molecule has 1 aliphatic rings. The van der Waals surface area contributed by atoms with Gasteiger partial charge in [-0.3, -0.25) is 14.6 Å². The van der Waals surface area contributed by atoms with Gasteiger partial charge in [0.05, 0.1) is 28.1 Å². The van der Waals surface area contributed by atoms with E-state index in [1.165, 1.54) is 11.1 Å². The molecule has 0 saturated carbocycles. The molecule has 1 aromatic carbocycles. The SMILES string of the molecule is O=C(Nc1ccc(Oc2cccnc2)nc1)C1CCN(c2ccc(Cl)c(Cl)c2)C1=O. The molecular weight excluding hydrogens is 427 g/mol. The predicted molar refractivity (Wildman–Crippen MR) is 114 cm³/mol. The molecule has 1 aliphatic heterocycles. The van der Waals surface area contributed by atoms with Crippen LogP contribution in [0.1, 0.15) is 6.42 Å². The van der Waals surface area contributed by atoms with E-state index in [0.29, 0.717) is 46.0 Å². The van der Waals surface area contributed by atoms with Crippen molar-refractivity contribution >= 4 is 46.4 Å². The highest BCUT2D eigenvalue weighted by atomic mass is 35.5. The van der Waals surface area contributed by atoms with Crippen molar-refractivity contribution in [2.24, 2.45) is 5.92 Å². The Hall–Kier alpha value is -3.16. The third-order valence-electron chi connectivity index (χ3n) is 4.60. The number of anilines is 2. The molecular formula is C21H16Cl2N4O3. The fourth-order valence-corrected chi connectivity index (χ4v) is 3.40. The van der Waals surface area contributed by atoms with Gasteiger partial charge in [0.15, 0.2) is 0 Å². The van der Waals surface area contributed by atoms with Crippen molar-refractivity contribution < 1.29 is 14.3 Å². The van der Waals surface area contributed by atoms with Crippen molar-refractivity contribution in [3.8, 4) is 11.6 Å². The van der Waals surface area contributed by atoms with Gasteiger partial charge >= 0.3 is 0 Å². The van der Waals surface area contributed by atoms with Crippen LogP contribution in [0.25, 0.3) is 0 Å². The molecule has 0 bridgehead atoms. The molecule has 3 heterocycles. The quantitative estimate of drug-likeness (QED) is 0.585. The monoisotopic (exact) mass is 442 g/mol. The lowest BCUT2D eigenvalue weighted by atomic mass is 10.1. The van der Waals surface area contributed by atoms with E-state index in [9.17, 15) is 9.59 Å². The zero-order valence-electron chi connectivity index (χ0n) is 15.6. The molecule has 4 rings (SSSR count). The molecule has 2 aromatic heterocycles. The minimum absolute atomic E-state index is 0.282. The molecule has 1 unspecified atom stereocenters. The molecule has 152 valence electrons. The highest BCUT2D eigenvalue weighted by Gasteiger charge is 2.37. The lowest BCUT2D eigenvalue weighted by Gasteiger charge is -2.17. The number of benzene rings is 1.